The van der Waals surface area contributed by atoms with E-state index in [1.54, 1.807) is 0 Å². The average Bonchev–Trinajstić information content (AvgIpc) is 3.40. The molecule has 6 aromatic carbocycles. The Balaban J connectivity index is 0.000000339. The minimum Gasteiger partial charge on any atom is -1.00 e. The van der Waals surface area contributed by atoms with Gasteiger partial charge in [-0.3, -0.25) is 19.7 Å². The molecule has 3 heterocycles. The average molecular weight is 1010 g/mol. The fraction of sp³-hybridized carbons (Fsp3) is 0.103. The maximum atomic E-state index is 7.50. The first kappa shape index (κ1) is 51.3. The molecule has 9 rings (SSSR count). The Morgan fingerprint density at radius 1 is 0.288 bits per heavy atom. The third-order valence-electron chi connectivity index (χ3n) is 10.4. The number of rotatable bonds is 15. The third kappa shape index (κ3) is 17.3. The Morgan fingerprint density at radius 2 is 0.470 bits per heavy atom. The molecule has 3 aromatic heterocycles. The van der Waals surface area contributed by atoms with Crippen LogP contribution in [0.3, 0.4) is 0 Å². The van der Waals surface area contributed by atoms with Crippen molar-refractivity contribution in [3.05, 3.63) is 272 Å². The summed E-state index contributed by atoms with van der Waals surface area (Å²) in [4.78, 5) is 20.8. The zero-order valence-corrected chi connectivity index (χ0v) is 41.2. The van der Waals surface area contributed by atoms with Crippen LogP contribution in [0.2, 0.25) is 0 Å². The summed E-state index contributed by atoms with van der Waals surface area (Å²) in [6.45, 7) is 4.50. The monoisotopic (exact) mass is 1010 g/mol. The number of aromatic nitrogens is 3. The summed E-state index contributed by atoms with van der Waals surface area (Å²) in [6.07, 6.45) is 12.1. The van der Waals surface area contributed by atoms with Crippen molar-refractivity contribution < 1.29 is 28.6 Å². The Kier molecular flexibility index (Phi) is 23.8. The van der Waals surface area contributed by atoms with Gasteiger partial charge in [0.25, 0.3) is 6.79 Å². The molecule has 0 saturated carbocycles. The SMILES string of the molecule is [C]=O.[H-].[H-].[H-].[Rh+3].c1ccc(P(CCc2ccccn2)c2ccccc2)cc1.c1ccc(P(CCc2ccccn2)c2ccccc2)cc1.c1ccc(P(CCc2ccccn2)c2ccccc2)cc1. The van der Waals surface area contributed by atoms with Crippen molar-refractivity contribution in [1.82, 2.24) is 15.0 Å². The third-order valence-corrected chi connectivity index (χ3v) is 17.9. The van der Waals surface area contributed by atoms with Crippen LogP contribution in [-0.2, 0) is 43.5 Å². The molecule has 2 radical (unpaired) electrons. The molecule has 0 bridgehead atoms. The minimum absolute atomic E-state index is 0. The van der Waals surface area contributed by atoms with Crippen molar-refractivity contribution in [3.8, 4) is 0 Å². The maximum absolute atomic E-state index is 7.50. The van der Waals surface area contributed by atoms with E-state index < -0.39 is 0 Å². The van der Waals surface area contributed by atoms with Gasteiger partial charge in [0.15, 0.2) is 0 Å². The second kappa shape index (κ2) is 30.5. The number of carbonyl (C=O) groups excluding carboxylic acids is 1. The number of hydrogen-bond donors (Lipinski definition) is 0. The molecule has 8 heteroatoms. The van der Waals surface area contributed by atoms with Gasteiger partial charge in [-0.05, 0) is 130 Å². The van der Waals surface area contributed by atoms with E-state index in [1.165, 1.54) is 48.9 Å². The Morgan fingerprint density at radius 3 is 0.636 bits per heavy atom. The van der Waals surface area contributed by atoms with Gasteiger partial charge in [0, 0.05) is 35.7 Å². The summed E-state index contributed by atoms with van der Waals surface area (Å²) in [7, 11) is -0.944. The smallest absolute Gasteiger partial charge is 1.00 e. The summed E-state index contributed by atoms with van der Waals surface area (Å²) in [6, 6.07) is 83.5. The van der Waals surface area contributed by atoms with Crippen molar-refractivity contribution >= 4 is 62.4 Å². The largest absolute Gasteiger partial charge is 3.00 e. The van der Waals surface area contributed by atoms with E-state index in [0.29, 0.717) is 0 Å². The molecule has 0 amide bonds. The molecule has 0 spiro atoms. The van der Waals surface area contributed by atoms with Crippen LogP contribution < -0.4 is 31.8 Å². The van der Waals surface area contributed by atoms with E-state index in [0.717, 1.165) is 37.7 Å². The molecule has 334 valence electrons. The number of pyridine rings is 3. The molecule has 0 fully saturated rings. The molecule has 0 unspecified atom stereocenters. The summed E-state index contributed by atoms with van der Waals surface area (Å²) in [5.41, 5.74) is 3.53. The normalized spacial score (nSPS) is 10.3. The first-order valence-corrected chi connectivity index (χ1v) is 26.4. The molecule has 0 aliphatic carbocycles. The van der Waals surface area contributed by atoms with E-state index >= 15 is 0 Å². The summed E-state index contributed by atoms with van der Waals surface area (Å²) in [5, 5.41) is 8.64. The molecule has 0 aliphatic heterocycles. The van der Waals surface area contributed by atoms with Crippen LogP contribution in [0, 0.1) is 0 Å². The van der Waals surface area contributed by atoms with Crippen LogP contribution in [0.1, 0.15) is 21.4 Å². The van der Waals surface area contributed by atoms with E-state index in [4.69, 9.17) is 4.79 Å². The quantitative estimate of drug-likeness (QED) is 0.0758. The van der Waals surface area contributed by atoms with Gasteiger partial charge in [-0.1, -0.05) is 200 Å². The Bertz CT molecular complexity index is 2180. The summed E-state index contributed by atoms with van der Waals surface area (Å²) in [5.74, 6) is 0. The zero-order valence-electron chi connectivity index (χ0n) is 39.9. The van der Waals surface area contributed by atoms with Crippen molar-refractivity contribution in [2.75, 3.05) is 18.5 Å². The predicted octanol–water partition coefficient (Wildman–Crippen LogP) is 11.2. The standard InChI is InChI=1S/3C19H18NP.CO.Rh.3H/c3*1-3-10-18(11-4-1)21(19-12-5-2-6-13-19)16-14-17-9-7-8-15-20-17;1-2;;;;/h3*1-13,15H,14,16H2;;;;;/q;;;;+3;3*-1. The number of benzene rings is 6. The van der Waals surface area contributed by atoms with Crippen molar-refractivity contribution in [1.29, 1.82) is 0 Å². The topological polar surface area (TPSA) is 55.7 Å². The fourth-order valence-electron chi connectivity index (χ4n) is 7.19. The molecule has 0 aliphatic rings. The van der Waals surface area contributed by atoms with Crippen LogP contribution in [0.25, 0.3) is 0 Å². The van der Waals surface area contributed by atoms with E-state index in [-0.39, 0.29) is 47.5 Å². The van der Waals surface area contributed by atoms with Crippen LogP contribution in [0.4, 0.5) is 0 Å². The molecule has 4 nitrogen and oxygen atoms in total. The number of aryl methyl sites for hydroxylation is 3. The number of hydrogen-bond acceptors (Lipinski definition) is 4. The Labute approximate surface area is 413 Å². The van der Waals surface area contributed by atoms with Gasteiger partial charge in [-0.2, -0.15) is 0 Å². The van der Waals surface area contributed by atoms with Gasteiger partial charge in [-0.25, -0.2) is 0 Å². The fourth-order valence-corrected chi connectivity index (χ4v) is 14.2. The predicted molar refractivity (Wildman–Crippen MR) is 285 cm³/mol. The molecular weight excluding hydrogens is 950 g/mol. The molecular formula is C58H57N3OP3Rh. The molecule has 0 atom stereocenters. The van der Waals surface area contributed by atoms with Gasteiger partial charge >= 0.3 is 19.5 Å². The Hall–Kier alpha value is -5.65. The summed E-state index contributed by atoms with van der Waals surface area (Å²) >= 11 is 0. The minimum atomic E-state index is -0.315. The van der Waals surface area contributed by atoms with E-state index in [9.17, 15) is 0 Å². The van der Waals surface area contributed by atoms with E-state index in [2.05, 4.69) is 240 Å². The molecule has 66 heavy (non-hydrogen) atoms. The maximum Gasteiger partial charge on any atom is 3.00 e. The molecule has 0 N–H and O–H groups in total. The van der Waals surface area contributed by atoms with Gasteiger partial charge in [0.2, 0.25) is 0 Å². The van der Waals surface area contributed by atoms with Crippen LogP contribution in [-0.4, -0.2) is 40.2 Å². The van der Waals surface area contributed by atoms with Crippen LogP contribution in [0.15, 0.2) is 255 Å². The van der Waals surface area contributed by atoms with Crippen molar-refractivity contribution in [2.45, 2.75) is 19.3 Å². The van der Waals surface area contributed by atoms with Crippen molar-refractivity contribution in [3.63, 3.8) is 0 Å². The van der Waals surface area contributed by atoms with E-state index in [1.807, 2.05) is 36.8 Å². The van der Waals surface area contributed by atoms with Gasteiger partial charge in [-0.15, -0.1) is 0 Å². The first-order valence-electron chi connectivity index (χ1n) is 21.8. The van der Waals surface area contributed by atoms with Crippen LogP contribution in [0.5, 0.6) is 0 Å². The number of nitrogens with zero attached hydrogens (tertiary/aromatic N) is 3. The van der Waals surface area contributed by atoms with Gasteiger partial charge < -0.3 is 4.28 Å². The second-order valence-electron chi connectivity index (χ2n) is 14.7. The summed E-state index contributed by atoms with van der Waals surface area (Å²) < 4.78 is 0. The van der Waals surface area contributed by atoms with Gasteiger partial charge in [0.05, 0.1) is 0 Å². The van der Waals surface area contributed by atoms with Crippen molar-refractivity contribution in [2.24, 2.45) is 0 Å². The van der Waals surface area contributed by atoms with Gasteiger partial charge in [0.1, 0.15) is 0 Å². The first-order chi connectivity index (χ1) is 32.3. The van der Waals surface area contributed by atoms with Crippen LogP contribution >= 0.6 is 23.8 Å². The zero-order chi connectivity index (χ0) is 45.0. The molecule has 0 saturated heterocycles. The second-order valence-corrected chi connectivity index (χ2v) is 21.7. The molecule has 9 aromatic rings.